The topological polar surface area (TPSA) is 35.0 Å². The normalized spacial score (nSPS) is 11.6. The van der Waals surface area contributed by atoms with Crippen LogP contribution < -0.4 is 4.74 Å². The fourth-order valence-electron chi connectivity index (χ4n) is 1.56. The number of hydrogen-bond acceptors (Lipinski definition) is 3. The summed E-state index contributed by atoms with van der Waals surface area (Å²) < 4.78 is 31.7. The van der Waals surface area contributed by atoms with E-state index in [4.69, 9.17) is 16.3 Å². The molecule has 6 heteroatoms. The number of ether oxygens (including phenoxy) is 1. The molecule has 0 saturated carbocycles. The summed E-state index contributed by atoms with van der Waals surface area (Å²) in [4.78, 5) is 8.54. The summed E-state index contributed by atoms with van der Waals surface area (Å²) in [5, 5.41) is 0.271. The monoisotopic (exact) mass is 312 g/mol. The van der Waals surface area contributed by atoms with Crippen LogP contribution in [0.5, 0.6) is 11.6 Å². The number of halogens is 3. The van der Waals surface area contributed by atoms with Crippen molar-refractivity contribution in [1.29, 1.82) is 0 Å². The lowest BCUT2D eigenvalue weighted by molar-refractivity contribution is 0.432. The fraction of sp³-hybridized carbons (Fsp3) is 0.333. The molecule has 1 aromatic carbocycles. The van der Waals surface area contributed by atoms with Gasteiger partial charge in [0, 0.05) is 17.0 Å². The standard InChI is InChI=1S/C15H15ClF2N2O/c1-8-12(16)19-14(15(2,3)4)20-13(8)21-9-5-6-10(17)11(18)7-9/h5-7H,1-4H3. The van der Waals surface area contributed by atoms with E-state index in [1.165, 1.54) is 6.07 Å². The molecule has 0 amide bonds. The van der Waals surface area contributed by atoms with Crippen molar-refractivity contribution in [2.24, 2.45) is 0 Å². The summed E-state index contributed by atoms with van der Waals surface area (Å²) in [6.45, 7) is 7.52. The third-order valence-electron chi connectivity index (χ3n) is 2.82. The second kappa shape index (κ2) is 5.56. The second-order valence-electron chi connectivity index (χ2n) is 5.70. The highest BCUT2D eigenvalue weighted by Gasteiger charge is 2.21. The summed E-state index contributed by atoms with van der Waals surface area (Å²) in [6, 6.07) is 3.28. The Morgan fingerprint density at radius 1 is 1.10 bits per heavy atom. The van der Waals surface area contributed by atoms with Crippen LogP contribution in [0.2, 0.25) is 5.15 Å². The van der Waals surface area contributed by atoms with E-state index in [0.29, 0.717) is 11.4 Å². The van der Waals surface area contributed by atoms with E-state index in [-0.39, 0.29) is 22.2 Å². The van der Waals surface area contributed by atoms with Gasteiger partial charge in [-0.15, -0.1) is 0 Å². The van der Waals surface area contributed by atoms with Gasteiger partial charge in [-0.1, -0.05) is 32.4 Å². The second-order valence-corrected chi connectivity index (χ2v) is 6.05. The predicted octanol–water partition coefficient (Wildman–Crippen LogP) is 4.81. The van der Waals surface area contributed by atoms with Crippen molar-refractivity contribution in [2.75, 3.05) is 0 Å². The SMILES string of the molecule is Cc1c(Cl)nc(C(C)(C)C)nc1Oc1ccc(F)c(F)c1. The van der Waals surface area contributed by atoms with Crippen LogP contribution in [0.1, 0.15) is 32.2 Å². The highest BCUT2D eigenvalue weighted by Crippen LogP contribution is 2.30. The smallest absolute Gasteiger partial charge is 0.227 e. The quantitative estimate of drug-likeness (QED) is 0.747. The number of hydrogen-bond donors (Lipinski definition) is 0. The molecule has 0 radical (unpaired) electrons. The minimum absolute atomic E-state index is 0.145. The van der Waals surface area contributed by atoms with Crippen LogP contribution in [-0.4, -0.2) is 9.97 Å². The van der Waals surface area contributed by atoms with Gasteiger partial charge < -0.3 is 4.74 Å². The van der Waals surface area contributed by atoms with Gasteiger partial charge in [0.25, 0.3) is 0 Å². The zero-order chi connectivity index (χ0) is 15.8. The number of aromatic nitrogens is 2. The third kappa shape index (κ3) is 3.47. The van der Waals surface area contributed by atoms with E-state index in [0.717, 1.165) is 12.1 Å². The van der Waals surface area contributed by atoms with Gasteiger partial charge in [0.15, 0.2) is 11.6 Å². The van der Waals surface area contributed by atoms with E-state index in [1.807, 2.05) is 20.8 Å². The lowest BCUT2D eigenvalue weighted by atomic mass is 9.96. The fourth-order valence-corrected chi connectivity index (χ4v) is 1.72. The molecule has 1 heterocycles. The molecular formula is C15H15ClF2N2O. The Bertz CT molecular complexity index is 684. The molecule has 112 valence electrons. The van der Waals surface area contributed by atoms with Crippen LogP contribution in [-0.2, 0) is 5.41 Å². The van der Waals surface area contributed by atoms with Crippen molar-refractivity contribution in [2.45, 2.75) is 33.1 Å². The molecule has 0 spiro atoms. The van der Waals surface area contributed by atoms with Gasteiger partial charge in [0.05, 0.1) is 0 Å². The Morgan fingerprint density at radius 2 is 1.76 bits per heavy atom. The molecule has 0 bridgehead atoms. The maximum Gasteiger partial charge on any atom is 0.227 e. The van der Waals surface area contributed by atoms with Gasteiger partial charge in [0.1, 0.15) is 16.7 Å². The number of nitrogens with zero attached hydrogens (tertiary/aromatic N) is 2. The molecule has 2 aromatic rings. The molecule has 21 heavy (non-hydrogen) atoms. The zero-order valence-electron chi connectivity index (χ0n) is 12.2. The van der Waals surface area contributed by atoms with E-state index in [1.54, 1.807) is 6.92 Å². The van der Waals surface area contributed by atoms with Gasteiger partial charge in [-0.05, 0) is 19.1 Å². The molecule has 2 rings (SSSR count). The Hall–Kier alpha value is -1.75. The van der Waals surface area contributed by atoms with Crippen LogP contribution in [0.15, 0.2) is 18.2 Å². The highest BCUT2D eigenvalue weighted by atomic mass is 35.5. The van der Waals surface area contributed by atoms with Crippen molar-refractivity contribution in [3.8, 4) is 11.6 Å². The third-order valence-corrected chi connectivity index (χ3v) is 3.19. The highest BCUT2D eigenvalue weighted by molar-refractivity contribution is 6.30. The maximum absolute atomic E-state index is 13.2. The Labute approximate surface area is 127 Å². The molecule has 0 saturated heterocycles. The number of rotatable bonds is 2. The molecule has 0 fully saturated rings. The Morgan fingerprint density at radius 3 is 2.33 bits per heavy atom. The Kier molecular flexibility index (Phi) is 4.14. The molecular weight excluding hydrogens is 298 g/mol. The summed E-state index contributed by atoms with van der Waals surface area (Å²) in [6.07, 6.45) is 0. The van der Waals surface area contributed by atoms with E-state index >= 15 is 0 Å². The Balaban J connectivity index is 2.43. The predicted molar refractivity (Wildman–Crippen MR) is 76.9 cm³/mol. The maximum atomic E-state index is 13.2. The largest absolute Gasteiger partial charge is 0.438 e. The van der Waals surface area contributed by atoms with Crippen LogP contribution in [0, 0.1) is 18.6 Å². The van der Waals surface area contributed by atoms with Crippen molar-refractivity contribution < 1.29 is 13.5 Å². The van der Waals surface area contributed by atoms with E-state index in [9.17, 15) is 8.78 Å². The summed E-state index contributed by atoms with van der Waals surface area (Å²) in [7, 11) is 0. The molecule has 1 aromatic heterocycles. The average Bonchev–Trinajstić information content (AvgIpc) is 2.38. The summed E-state index contributed by atoms with van der Waals surface area (Å²) in [5.41, 5.74) is 0.221. The van der Waals surface area contributed by atoms with Crippen molar-refractivity contribution in [3.63, 3.8) is 0 Å². The van der Waals surface area contributed by atoms with Crippen LogP contribution in [0.4, 0.5) is 8.78 Å². The first kappa shape index (κ1) is 15.6. The van der Waals surface area contributed by atoms with Crippen molar-refractivity contribution in [3.05, 3.63) is 46.4 Å². The van der Waals surface area contributed by atoms with Gasteiger partial charge in [-0.3, -0.25) is 0 Å². The summed E-state index contributed by atoms with van der Waals surface area (Å²) in [5.74, 6) is -1.04. The lowest BCUT2D eigenvalue weighted by Crippen LogP contribution is -2.17. The first-order valence-corrected chi connectivity index (χ1v) is 6.74. The minimum atomic E-state index is -0.985. The molecule has 0 aliphatic rings. The average molecular weight is 313 g/mol. The zero-order valence-corrected chi connectivity index (χ0v) is 12.9. The summed E-state index contributed by atoms with van der Waals surface area (Å²) >= 11 is 6.08. The lowest BCUT2D eigenvalue weighted by Gasteiger charge is -2.18. The number of benzene rings is 1. The molecule has 3 nitrogen and oxygen atoms in total. The van der Waals surface area contributed by atoms with Gasteiger partial charge in [-0.25, -0.2) is 13.8 Å². The van der Waals surface area contributed by atoms with Gasteiger partial charge >= 0.3 is 0 Å². The van der Waals surface area contributed by atoms with Crippen molar-refractivity contribution in [1.82, 2.24) is 9.97 Å². The van der Waals surface area contributed by atoms with Crippen LogP contribution >= 0.6 is 11.6 Å². The van der Waals surface area contributed by atoms with Crippen molar-refractivity contribution >= 4 is 11.6 Å². The van der Waals surface area contributed by atoms with E-state index < -0.39 is 11.6 Å². The van der Waals surface area contributed by atoms with Crippen LogP contribution in [0.3, 0.4) is 0 Å². The first-order valence-electron chi connectivity index (χ1n) is 6.36. The molecule has 0 aliphatic heterocycles. The van der Waals surface area contributed by atoms with E-state index in [2.05, 4.69) is 9.97 Å². The van der Waals surface area contributed by atoms with Gasteiger partial charge in [-0.2, -0.15) is 4.98 Å². The van der Waals surface area contributed by atoms with Gasteiger partial charge in [0.2, 0.25) is 5.88 Å². The minimum Gasteiger partial charge on any atom is -0.438 e. The molecule has 0 N–H and O–H groups in total. The first-order chi connectivity index (χ1) is 9.68. The molecule has 0 unspecified atom stereocenters. The molecule has 0 atom stereocenters. The molecule has 0 aliphatic carbocycles. The van der Waals surface area contributed by atoms with Crippen LogP contribution in [0.25, 0.3) is 0 Å².